The highest BCUT2D eigenvalue weighted by molar-refractivity contribution is 5.92. The smallest absolute Gasteiger partial charge is 0.335 e. The Hall–Kier alpha value is -2.41. The Morgan fingerprint density at radius 1 is 1.48 bits per heavy atom. The first-order valence-corrected chi connectivity index (χ1v) is 6.51. The molecule has 1 atom stereocenters. The molecule has 0 saturated heterocycles. The fourth-order valence-corrected chi connectivity index (χ4v) is 2.02. The fraction of sp³-hybridized carbons (Fsp3) is 0.357. The summed E-state index contributed by atoms with van der Waals surface area (Å²) < 4.78 is 6.59. The molecule has 1 unspecified atom stereocenters. The number of carbonyl (C=O) groups excluding carboxylic acids is 1. The number of hydrogen-bond acceptors (Lipinski definition) is 4. The third kappa shape index (κ3) is 3.19. The lowest BCUT2D eigenvalue weighted by atomic mass is 10.2. The number of imidazole rings is 1. The van der Waals surface area contributed by atoms with Gasteiger partial charge in [0.1, 0.15) is 6.04 Å². The molecule has 0 fully saturated rings. The maximum Gasteiger partial charge on any atom is 0.335 e. The van der Waals surface area contributed by atoms with Crippen molar-refractivity contribution in [2.24, 2.45) is 0 Å². The zero-order chi connectivity index (χ0) is 15.4. The van der Waals surface area contributed by atoms with Crippen molar-refractivity contribution >= 4 is 22.9 Å². The third-order valence-electron chi connectivity index (χ3n) is 3.22. The number of rotatable bonds is 6. The summed E-state index contributed by atoms with van der Waals surface area (Å²) in [4.78, 5) is 27.1. The predicted octanol–water partition coefficient (Wildman–Crippen LogP) is 1.06. The maximum absolute atomic E-state index is 12.0. The van der Waals surface area contributed by atoms with Crippen molar-refractivity contribution in [3.8, 4) is 0 Å². The summed E-state index contributed by atoms with van der Waals surface area (Å²) in [6.45, 7) is 2.65. The highest BCUT2D eigenvalue weighted by atomic mass is 16.5. The van der Waals surface area contributed by atoms with Crippen LogP contribution in [-0.2, 0) is 9.53 Å². The van der Waals surface area contributed by atoms with E-state index in [1.54, 1.807) is 24.7 Å². The number of carbonyl (C=O) groups is 2. The van der Waals surface area contributed by atoms with Crippen LogP contribution in [0.2, 0.25) is 0 Å². The minimum absolute atomic E-state index is 0.145. The van der Waals surface area contributed by atoms with E-state index in [9.17, 15) is 9.59 Å². The normalized spacial score (nSPS) is 12.3. The number of carboxylic acids is 1. The Balaban J connectivity index is 2.22. The number of hydrogen-bond donors (Lipinski definition) is 2. The molecule has 0 radical (unpaired) electrons. The zero-order valence-corrected chi connectivity index (χ0v) is 11.9. The van der Waals surface area contributed by atoms with Crippen LogP contribution in [0.15, 0.2) is 24.5 Å². The highest BCUT2D eigenvalue weighted by Crippen LogP contribution is 2.19. The molecule has 0 aliphatic carbocycles. The van der Waals surface area contributed by atoms with E-state index in [4.69, 9.17) is 9.84 Å². The number of fused-ring (bicyclic) bond motifs is 1. The van der Waals surface area contributed by atoms with Crippen LogP contribution in [0, 0.1) is 0 Å². The molecular weight excluding hydrogens is 274 g/mol. The molecule has 0 spiro atoms. The van der Waals surface area contributed by atoms with Gasteiger partial charge in [-0.1, -0.05) is 0 Å². The van der Waals surface area contributed by atoms with Crippen molar-refractivity contribution in [3.63, 3.8) is 0 Å². The molecule has 7 heteroatoms. The van der Waals surface area contributed by atoms with Gasteiger partial charge >= 0.3 is 5.97 Å². The van der Waals surface area contributed by atoms with Crippen LogP contribution >= 0.6 is 0 Å². The van der Waals surface area contributed by atoms with Crippen LogP contribution in [-0.4, -0.2) is 46.8 Å². The summed E-state index contributed by atoms with van der Waals surface area (Å²) in [6.07, 6.45) is 1.54. The molecule has 7 nitrogen and oxygen atoms in total. The second-order valence-corrected chi connectivity index (χ2v) is 4.62. The first kappa shape index (κ1) is 15.0. The second kappa shape index (κ2) is 6.36. The average molecular weight is 291 g/mol. The molecular formula is C14H17N3O4. The number of benzene rings is 1. The standard InChI is InChI=1S/C14H17N3O4/c1-9(13(18)15-5-6-21-2)17-8-16-11-7-10(14(19)20)3-4-12(11)17/h3-4,7-9H,5-6H2,1-2H3,(H,15,18)(H,19,20). The lowest BCUT2D eigenvalue weighted by molar-refractivity contribution is -0.123. The molecule has 2 aromatic rings. The van der Waals surface area contributed by atoms with Gasteiger partial charge in [-0.15, -0.1) is 0 Å². The van der Waals surface area contributed by atoms with E-state index in [1.165, 1.54) is 18.5 Å². The molecule has 1 amide bonds. The van der Waals surface area contributed by atoms with Crippen molar-refractivity contribution in [1.82, 2.24) is 14.9 Å². The van der Waals surface area contributed by atoms with Gasteiger partial charge in [-0.05, 0) is 25.1 Å². The molecule has 2 rings (SSSR count). The number of nitrogens with one attached hydrogen (secondary N) is 1. The van der Waals surface area contributed by atoms with Crippen molar-refractivity contribution in [2.75, 3.05) is 20.3 Å². The summed E-state index contributed by atoms with van der Waals surface area (Å²) in [5, 5.41) is 11.7. The van der Waals surface area contributed by atoms with Gasteiger partial charge < -0.3 is 19.7 Å². The summed E-state index contributed by atoms with van der Waals surface area (Å²) in [7, 11) is 1.57. The van der Waals surface area contributed by atoms with E-state index in [0.29, 0.717) is 18.7 Å². The Bertz CT molecular complexity index is 665. The first-order valence-electron chi connectivity index (χ1n) is 6.51. The van der Waals surface area contributed by atoms with Gasteiger partial charge in [0.2, 0.25) is 5.91 Å². The number of carboxylic acid groups (broad SMARTS) is 1. The molecule has 0 bridgehead atoms. The third-order valence-corrected chi connectivity index (χ3v) is 3.22. The van der Waals surface area contributed by atoms with E-state index < -0.39 is 12.0 Å². The van der Waals surface area contributed by atoms with Gasteiger partial charge in [-0.3, -0.25) is 4.79 Å². The lowest BCUT2D eigenvalue weighted by Crippen LogP contribution is -2.33. The van der Waals surface area contributed by atoms with Crippen molar-refractivity contribution in [2.45, 2.75) is 13.0 Å². The van der Waals surface area contributed by atoms with Gasteiger partial charge in [-0.2, -0.15) is 0 Å². The van der Waals surface area contributed by atoms with E-state index in [2.05, 4.69) is 10.3 Å². The highest BCUT2D eigenvalue weighted by Gasteiger charge is 2.17. The Kier molecular flexibility index (Phi) is 4.54. The minimum atomic E-state index is -1.00. The van der Waals surface area contributed by atoms with E-state index >= 15 is 0 Å². The number of methoxy groups -OCH3 is 1. The molecule has 0 aliphatic heterocycles. The van der Waals surface area contributed by atoms with Crippen LogP contribution < -0.4 is 5.32 Å². The van der Waals surface area contributed by atoms with Crippen LogP contribution in [0.25, 0.3) is 11.0 Å². The quantitative estimate of drug-likeness (QED) is 0.776. The monoisotopic (exact) mass is 291 g/mol. The van der Waals surface area contributed by atoms with Crippen molar-refractivity contribution in [1.29, 1.82) is 0 Å². The summed E-state index contributed by atoms with van der Waals surface area (Å²) >= 11 is 0. The number of aromatic nitrogens is 2. The summed E-state index contributed by atoms with van der Waals surface area (Å²) in [6, 6.07) is 4.20. The molecule has 2 N–H and O–H groups in total. The maximum atomic E-state index is 12.0. The lowest BCUT2D eigenvalue weighted by Gasteiger charge is -2.14. The number of nitrogens with zero attached hydrogens (tertiary/aromatic N) is 2. The predicted molar refractivity (Wildman–Crippen MR) is 76.3 cm³/mol. The van der Waals surface area contributed by atoms with Crippen LogP contribution in [0.4, 0.5) is 0 Å². The van der Waals surface area contributed by atoms with E-state index in [1.807, 2.05) is 0 Å². The first-order chi connectivity index (χ1) is 10.0. The van der Waals surface area contributed by atoms with Gasteiger partial charge in [-0.25, -0.2) is 9.78 Å². The number of aromatic carboxylic acids is 1. The van der Waals surface area contributed by atoms with Gasteiger partial charge in [0, 0.05) is 13.7 Å². The minimum Gasteiger partial charge on any atom is -0.478 e. The number of ether oxygens (including phenoxy) is 1. The number of amides is 1. The van der Waals surface area contributed by atoms with E-state index in [0.717, 1.165) is 5.52 Å². The Labute approximate surface area is 121 Å². The van der Waals surface area contributed by atoms with Crippen LogP contribution in [0.5, 0.6) is 0 Å². The van der Waals surface area contributed by atoms with Crippen molar-refractivity contribution < 1.29 is 19.4 Å². The summed E-state index contributed by atoms with van der Waals surface area (Å²) in [5.74, 6) is -1.15. The average Bonchev–Trinajstić information content (AvgIpc) is 2.89. The fourth-order valence-electron chi connectivity index (χ4n) is 2.02. The van der Waals surface area contributed by atoms with Gasteiger partial charge in [0.05, 0.1) is 29.5 Å². The SMILES string of the molecule is COCCNC(=O)C(C)n1cnc2cc(C(=O)O)ccc21. The molecule has 21 heavy (non-hydrogen) atoms. The van der Waals surface area contributed by atoms with Crippen LogP contribution in [0.3, 0.4) is 0 Å². The molecule has 0 saturated carbocycles. The molecule has 1 aromatic carbocycles. The Morgan fingerprint density at radius 3 is 2.90 bits per heavy atom. The Morgan fingerprint density at radius 2 is 2.24 bits per heavy atom. The van der Waals surface area contributed by atoms with Crippen LogP contribution in [0.1, 0.15) is 23.3 Å². The summed E-state index contributed by atoms with van der Waals surface area (Å²) in [5.41, 5.74) is 1.44. The largest absolute Gasteiger partial charge is 0.478 e. The second-order valence-electron chi connectivity index (χ2n) is 4.62. The molecule has 112 valence electrons. The van der Waals surface area contributed by atoms with Gasteiger partial charge in [0.15, 0.2) is 0 Å². The topological polar surface area (TPSA) is 93.5 Å². The van der Waals surface area contributed by atoms with E-state index in [-0.39, 0.29) is 11.5 Å². The van der Waals surface area contributed by atoms with Gasteiger partial charge in [0.25, 0.3) is 0 Å². The molecule has 0 aliphatic rings. The zero-order valence-electron chi connectivity index (χ0n) is 11.9. The molecule has 1 aromatic heterocycles. The molecule has 1 heterocycles. The van der Waals surface area contributed by atoms with Crippen molar-refractivity contribution in [3.05, 3.63) is 30.1 Å².